The van der Waals surface area contributed by atoms with Gasteiger partial charge in [-0.2, -0.15) is 5.10 Å². The van der Waals surface area contributed by atoms with E-state index < -0.39 is 0 Å². The number of aromatic amines is 1. The summed E-state index contributed by atoms with van der Waals surface area (Å²) in [6, 6.07) is 2.27. The van der Waals surface area contributed by atoms with Crippen LogP contribution in [-0.2, 0) is 24.1 Å². The van der Waals surface area contributed by atoms with Crippen molar-refractivity contribution in [3.63, 3.8) is 0 Å². The topological polar surface area (TPSA) is 42.8 Å². The van der Waals surface area contributed by atoms with Crippen molar-refractivity contribution in [3.8, 4) is 10.7 Å². The van der Waals surface area contributed by atoms with Crippen LogP contribution in [0.1, 0.15) is 16.9 Å². The fourth-order valence-electron chi connectivity index (χ4n) is 2.34. The highest BCUT2D eigenvalue weighted by atomic mass is 32.1. The molecule has 0 unspecified atom stereocenters. The van der Waals surface area contributed by atoms with Gasteiger partial charge in [0, 0.05) is 12.0 Å². The molecule has 6 heteroatoms. The third kappa shape index (κ3) is 2.04. The van der Waals surface area contributed by atoms with E-state index in [1.807, 2.05) is 15.9 Å². The number of fused-ring (bicyclic) bond motifs is 1. The number of nitrogens with one attached hydrogen (secondary N) is 1. The zero-order chi connectivity index (χ0) is 12.5. The van der Waals surface area contributed by atoms with E-state index in [1.165, 1.54) is 34.6 Å². The second-order valence-electron chi connectivity index (χ2n) is 4.41. The van der Waals surface area contributed by atoms with Gasteiger partial charge in [0.15, 0.2) is 10.6 Å². The average Bonchev–Trinajstić information content (AvgIpc) is 3.00. The average molecular weight is 281 g/mol. The van der Waals surface area contributed by atoms with E-state index in [9.17, 15) is 0 Å². The molecule has 1 aliphatic rings. The predicted octanol–water partition coefficient (Wildman–Crippen LogP) is 2.80. The SMILES string of the molecule is COCCn1c(-c2cc3c(s2)CCC3)n[nH]c1=S. The first kappa shape index (κ1) is 12.1. The number of aromatic nitrogens is 3. The van der Waals surface area contributed by atoms with Crippen LogP contribution in [0, 0.1) is 4.77 Å². The molecule has 0 aromatic carbocycles. The number of thiophene rings is 1. The van der Waals surface area contributed by atoms with Crippen LogP contribution < -0.4 is 0 Å². The van der Waals surface area contributed by atoms with Gasteiger partial charge in [0.25, 0.3) is 0 Å². The summed E-state index contributed by atoms with van der Waals surface area (Å²) in [6.45, 7) is 1.38. The molecule has 0 radical (unpaired) electrons. The summed E-state index contributed by atoms with van der Waals surface area (Å²) in [5.41, 5.74) is 1.49. The molecule has 0 saturated heterocycles. The van der Waals surface area contributed by atoms with Gasteiger partial charge in [-0.05, 0) is 43.1 Å². The van der Waals surface area contributed by atoms with Crippen LogP contribution >= 0.6 is 23.6 Å². The van der Waals surface area contributed by atoms with E-state index >= 15 is 0 Å². The lowest BCUT2D eigenvalue weighted by Gasteiger charge is -2.04. The lowest BCUT2D eigenvalue weighted by Crippen LogP contribution is -2.05. The van der Waals surface area contributed by atoms with Crippen molar-refractivity contribution in [1.29, 1.82) is 0 Å². The number of rotatable bonds is 4. The highest BCUT2D eigenvalue weighted by molar-refractivity contribution is 7.71. The zero-order valence-electron chi connectivity index (χ0n) is 10.2. The van der Waals surface area contributed by atoms with Crippen LogP contribution in [0.2, 0.25) is 0 Å². The molecule has 2 heterocycles. The molecule has 1 aliphatic carbocycles. The predicted molar refractivity (Wildman–Crippen MR) is 74.6 cm³/mol. The van der Waals surface area contributed by atoms with Gasteiger partial charge >= 0.3 is 0 Å². The van der Waals surface area contributed by atoms with Crippen LogP contribution in [0.4, 0.5) is 0 Å². The highest BCUT2D eigenvalue weighted by Gasteiger charge is 2.18. The van der Waals surface area contributed by atoms with Gasteiger partial charge in [0.05, 0.1) is 18.0 Å². The van der Waals surface area contributed by atoms with Crippen LogP contribution in [-0.4, -0.2) is 28.5 Å². The summed E-state index contributed by atoms with van der Waals surface area (Å²) in [5.74, 6) is 0.941. The number of aryl methyl sites for hydroxylation is 2. The molecule has 0 saturated carbocycles. The van der Waals surface area contributed by atoms with Crippen molar-refractivity contribution in [2.24, 2.45) is 0 Å². The third-order valence-corrected chi connectivity index (χ3v) is 4.79. The Bertz CT molecular complexity index is 590. The summed E-state index contributed by atoms with van der Waals surface area (Å²) < 4.78 is 7.79. The van der Waals surface area contributed by atoms with Crippen molar-refractivity contribution < 1.29 is 4.74 Å². The van der Waals surface area contributed by atoms with E-state index in [2.05, 4.69) is 16.3 Å². The molecule has 2 aromatic heterocycles. The number of methoxy groups -OCH3 is 1. The summed E-state index contributed by atoms with van der Waals surface area (Å²) in [5, 5.41) is 7.23. The minimum atomic E-state index is 0.645. The molecule has 0 aliphatic heterocycles. The maximum Gasteiger partial charge on any atom is 0.195 e. The monoisotopic (exact) mass is 281 g/mol. The molecule has 96 valence electrons. The zero-order valence-corrected chi connectivity index (χ0v) is 11.9. The Balaban J connectivity index is 1.97. The van der Waals surface area contributed by atoms with Gasteiger partial charge in [0.2, 0.25) is 0 Å². The van der Waals surface area contributed by atoms with Crippen LogP contribution in [0.15, 0.2) is 6.07 Å². The fraction of sp³-hybridized carbons (Fsp3) is 0.500. The Kier molecular flexibility index (Phi) is 3.32. The Labute approximate surface area is 115 Å². The minimum absolute atomic E-state index is 0.645. The lowest BCUT2D eigenvalue weighted by molar-refractivity contribution is 0.187. The summed E-state index contributed by atoms with van der Waals surface area (Å²) >= 11 is 7.11. The molecule has 1 N–H and O–H groups in total. The smallest absolute Gasteiger partial charge is 0.195 e. The Morgan fingerprint density at radius 1 is 1.56 bits per heavy atom. The number of ether oxygens (including phenoxy) is 1. The molecule has 18 heavy (non-hydrogen) atoms. The maximum absolute atomic E-state index is 5.26. The van der Waals surface area contributed by atoms with E-state index in [1.54, 1.807) is 7.11 Å². The lowest BCUT2D eigenvalue weighted by atomic mass is 10.2. The number of H-pyrrole nitrogens is 1. The molecular weight excluding hydrogens is 266 g/mol. The Morgan fingerprint density at radius 2 is 2.44 bits per heavy atom. The molecule has 0 fully saturated rings. The normalized spacial score (nSPS) is 14.1. The molecule has 0 amide bonds. The van der Waals surface area contributed by atoms with Gasteiger partial charge in [0.1, 0.15) is 0 Å². The van der Waals surface area contributed by atoms with Crippen LogP contribution in [0.5, 0.6) is 0 Å². The first-order valence-corrected chi connectivity index (χ1v) is 7.28. The Hall–Kier alpha value is -0.980. The second kappa shape index (κ2) is 4.95. The van der Waals surface area contributed by atoms with Gasteiger partial charge in [-0.25, -0.2) is 0 Å². The molecule has 3 rings (SSSR count). The van der Waals surface area contributed by atoms with Crippen molar-refractivity contribution in [2.45, 2.75) is 25.8 Å². The van der Waals surface area contributed by atoms with E-state index in [4.69, 9.17) is 17.0 Å². The molecule has 4 nitrogen and oxygen atoms in total. The van der Waals surface area contributed by atoms with Crippen molar-refractivity contribution in [2.75, 3.05) is 13.7 Å². The second-order valence-corrected chi connectivity index (χ2v) is 5.93. The standard InChI is InChI=1S/C12H15N3OS2/c1-16-6-5-15-11(13-14-12(15)17)10-7-8-3-2-4-9(8)18-10/h7H,2-6H2,1H3,(H,14,17). The summed E-state index contributed by atoms with van der Waals surface area (Å²) in [6.07, 6.45) is 3.70. The summed E-state index contributed by atoms with van der Waals surface area (Å²) in [4.78, 5) is 2.72. The van der Waals surface area contributed by atoms with Gasteiger partial charge in [-0.15, -0.1) is 11.3 Å². The number of nitrogens with zero attached hydrogens (tertiary/aromatic N) is 2. The van der Waals surface area contributed by atoms with E-state index in [0.717, 1.165) is 12.4 Å². The van der Waals surface area contributed by atoms with Crippen molar-refractivity contribution >= 4 is 23.6 Å². The molecule has 0 atom stereocenters. The van der Waals surface area contributed by atoms with Crippen molar-refractivity contribution in [3.05, 3.63) is 21.3 Å². The van der Waals surface area contributed by atoms with E-state index in [-0.39, 0.29) is 0 Å². The fourth-order valence-corrected chi connectivity index (χ4v) is 3.81. The Morgan fingerprint density at radius 3 is 3.22 bits per heavy atom. The first-order valence-electron chi connectivity index (χ1n) is 6.05. The highest BCUT2D eigenvalue weighted by Crippen LogP contribution is 2.35. The van der Waals surface area contributed by atoms with Gasteiger partial charge in [-0.1, -0.05) is 0 Å². The quantitative estimate of drug-likeness (QED) is 0.876. The number of hydrogen-bond acceptors (Lipinski definition) is 4. The van der Waals surface area contributed by atoms with E-state index in [0.29, 0.717) is 11.4 Å². The molecular formula is C12H15N3OS2. The maximum atomic E-state index is 5.26. The van der Waals surface area contributed by atoms with Gasteiger partial charge < -0.3 is 4.74 Å². The molecule has 2 aromatic rings. The van der Waals surface area contributed by atoms with Crippen molar-refractivity contribution in [1.82, 2.24) is 14.8 Å². The molecule has 0 bridgehead atoms. The molecule has 0 spiro atoms. The largest absolute Gasteiger partial charge is 0.383 e. The van der Waals surface area contributed by atoms with Crippen LogP contribution in [0.3, 0.4) is 0 Å². The first-order chi connectivity index (χ1) is 8.79. The number of hydrogen-bond donors (Lipinski definition) is 1. The minimum Gasteiger partial charge on any atom is -0.383 e. The summed E-state index contributed by atoms with van der Waals surface area (Å²) in [7, 11) is 1.70. The van der Waals surface area contributed by atoms with Gasteiger partial charge in [-0.3, -0.25) is 9.67 Å². The third-order valence-electron chi connectivity index (χ3n) is 3.24. The van der Waals surface area contributed by atoms with Crippen LogP contribution in [0.25, 0.3) is 10.7 Å².